The molecule has 2 aromatic heterocycles. The number of carbonyl (C=O) groups excluding carboxylic acids is 1. The van der Waals surface area contributed by atoms with E-state index in [1.807, 2.05) is 55.0 Å². The van der Waals surface area contributed by atoms with E-state index in [4.69, 9.17) is 9.47 Å². The number of aromatic nitrogens is 2. The van der Waals surface area contributed by atoms with Crippen molar-refractivity contribution >= 4 is 17.1 Å². The van der Waals surface area contributed by atoms with Gasteiger partial charge in [-0.2, -0.15) is 0 Å². The fourth-order valence-corrected chi connectivity index (χ4v) is 3.53. The number of benzene rings is 1. The molecule has 0 aliphatic heterocycles. The Labute approximate surface area is 150 Å². The van der Waals surface area contributed by atoms with Crippen LogP contribution in [0, 0.1) is 20.8 Å². The Morgan fingerprint density at radius 2 is 2.00 bits per heavy atom. The number of carbonyl (C=O) groups is 1. The van der Waals surface area contributed by atoms with Gasteiger partial charge in [0.1, 0.15) is 0 Å². The molecule has 1 aromatic carbocycles. The minimum absolute atomic E-state index is 0.0401. The molecule has 0 spiro atoms. The summed E-state index contributed by atoms with van der Waals surface area (Å²) in [4.78, 5) is 17.0. The van der Waals surface area contributed by atoms with Crippen molar-refractivity contribution in [2.45, 2.75) is 20.8 Å². The van der Waals surface area contributed by atoms with E-state index in [9.17, 15) is 4.79 Å². The van der Waals surface area contributed by atoms with Crippen LogP contribution in [0.1, 0.15) is 27.3 Å². The molecule has 25 heavy (non-hydrogen) atoms. The van der Waals surface area contributed by atoms with Crippen molar-refractivity contribution in [3.05, 3.63) is 58.4 Å². The Kier molecular flexibility index (Phi) is 4.90. The van der Waals surface area contributed by atoms with Gasteiger partial charge in [-0.05, 0) is 44.5 Å². The highest BCUT2D eigenvalue weighted by atomic mass is 32.1. The minimum atomic E-state index is -0.0708. The molecule has 0 radical (unpaired) electrons. The molecule has 0 bridgehead atoms. The quantitative estimate of drug-likeness (QED) is 0.623. The van der Waals surface area contributed by atoms with Gasteiger partial charge < -0.3 is 9.47 Å². The second-order valence-corrected chi connectivity index (χ2v) is 6.67. The molecule has 0 saturated heterocycles. The minimum Gasteiger partial charge on any atom is -0.493 e. The van der Waals surface area contributed by atoms with E-state index >= 15 is 0 Å². The Bertz CT molecular complexity index is 898. The maximum Gasteiger partial charge on any atom is 0.202 e. The van der Waals surface area contributed by atoms with Gasteiger partial charge in [-0.25, -0.2) is 4.98 Å². The summed E-state index contributed by atoms with van der Waals surface area (Å²) in [5.41, 5.74) is 3.57. The third kappa shape index (κ3) is 3.44. The topological polar surface area (TPSA) is 53.4 Å². The van der Waals surface area contributed by atoms with Crippen LogP contribution in [0.3, 0.4) is 0 Å². The van der Waals surface area contributed by atoms with E-state index in [-0.39, 0.29) is 12.4 Å². The molecule has 0 aliphatic carbocycles. The number of methoxy groups -OCH3 is 1. The van der Waals surface area contributed by atoms with E-state index in [1.54, 1.807) is 13.3 Å². The van der Waals surface area contributed by atoms with Crippen LogP contribution in [-0.4, -0.2) is 29.1 Å². The number of aryl methyl sites for hydroxylation is 2. The highest BCUT2D eigenvalue weighted by Gasteiger charge is 2.18. The molecule has 0 N–H and O–H groups in total. The first kappa shape index (κ1) is 17.2. The average molecular weight is 356 g/mol. The summed E-state index contributed by atoms with van der Waals surface area (Å²) in [5, 5.41) is 2.78. The molecule has 0 aliphatic rings. The van der Waals surface area contributed by atoms with Crippen LogP contribution in [0.5, 0.6) is 11.5 Å². The molecule has 2 heterocycles. The largest absolute Gasteiger partial charge is 0.493 e. The molecule has 3 aromatic rings. The highest BCUT2D eigenvalue weighted by molar-refractivity contribution is 7.12. The highest BCUT2D eigenvalue weighted by Crippen LogP contribution is 2.28. The predicted molar refractivity (Wildman–Crippen MR) is 98.5 cm³/mol. The number of hydrogen-bond donors (Lipinski definition) is 0. The molecule has 0 fully saturated rings. The monoisotopic (exact) mass is 356 g/mol. The maximum atomic E-state index is 12.6. The molecule has 0 saturated carbocycles. The summed E-state index contributed by atoms with van der Waals surface area (Å²) in [5.74, 6) is 1.12. The van der Waals surface area contributed by atoms with Crippen molar-refractivity contribution in [2.75, 3.05) is 13.7 Å². The van der Waals surface area contributed by atoms with Crippen molar-refractivity contribution in [2.24, 2.45) is 0 Å². The second-order valence-electron chi connectivity index (χ2n) is 5.80. The van der Waals surface area contributed by atoms with Crippen LogP contribution in [0.25, 0.3) is 5.13 Å². The number of rotatable bonds is 6. The maximum absolute atomic E-state index is 12.6. The second kappa shape index (κ2) is 7.11. The van der Waals surface area contributed by atoms with Crippen LogP contribution in [0.15, 0.2) is 35.8 Å². The standard InChI is InChI=1S/C19H20N2O3S/c1-12-5-6-17(18(9-12)23-4)24-11-16(22)15-10-13(2)21(14(15)3)19-20-7-8-25-19/h5-10H,11H2,1-4H3. The lowest BCUT2D eigenvalue weighted by Gasteiger charge is -2.11. The van der Waals surface area contributed by atoms with Gasteiger partial charge in [0, 0.05) is 28.5 Å². The number of ether oxygens (including phenoxy) is 2. The Hall–Kier alpha value is -2.60. The fraction of sp³-hybridized carbons (Fsp3) is 0.263. The lowest BCUT2D eigenvalue weighted by atomic mass is 10.1. The zero-order valence-corrected chi connectivity index (χ0v) is 15.5. The number of ketones is 1. The van der Waals surface area contributed by atoms with E-state index in [0.717, 1.165) is 22.1 Å². The van der Waals surface area contributed by atoms with E-state index < -0.39 is 0 Å². The van der Waals surface area contributed by atoms with Crippen molar-refractivity contribution in [3.63, 3.8) is 0 Å². The molecule has 0 unspecified atom stereocenters. The van der Waals surface area contributed by atoms with Crippen LogP contribution >= 0.6 is 11.3 Å². The number of hydrogen-bond acceptors (Lipinski definition) is 5. The summed E-state index contributed by atoms with van der Waals surface area (Å²) in [6, 6.07) is 7.51. The molecular formula is C19H20N2O3S. The number of nitrogens with zero attached hydrogens (tertiary/aromatic N) is 2. The predicted octanol–water partition coefficient (Wildman–Crippen LogP) is 4.13. The molecule has 0 atom stereocenters. The SMILES string of the molecule is COc1cc(C)ccc1OCC(=O)c1cc(C)n(-c2nccs2)c1C. The van der Waals surface area contributed by atoms with Gasteiger partial charge in [0.25, 0.3) is 0 Å². The molecular weight excluding hydrogens is 336 g/mol. The summed E-state index contributed by atoms with van der Waals surface area (Å²) >= 11 is 1.54. The summed E-state index contributed by atoms with van der Waals surface area (Å²) in [7, 11) is 1.59. The van der Waals surface area contributed by atoms with Crippen molar-refractivity contribution in [1.29, 1.82) is 0 Å². The van der Waals surface area contributed by atoms with Gasteiger partial charge in [-0.1, -0.05) is 6.07 Å². The summed E-state index contributed by atoms with van der Waals surface area (Å²) in [6.45, 7) is 5.83. The Morgan fingerprint density at radius 3 is 2.68 bits per heavy atom. The Balaban J connectivity index is 1.80. The van der Waals surface area contributed by atoms with Crippen molar-refractivity contribution in [3.8, 4) is 16.6 Å². The van der Waals surface area contributed by atoms with Gasteiger partial charge >= 0.3 is 0 Å². The van der Waals surface area contributed by atoms with Crippen LogP contribution in [0.4, 0.5) is 0 Å². The third-order valence-corrected chi connectivity index (χ3v) is 4.78. The first-order valence-electron chi connectivity index (χ1n) is 7.90. The molecule has 0 amide bonds. The van der Waals surface area contributed by atoms with Crippen molar-refractivity contribution < 1.29 is 14.3 Å². The van der Waals surface area contributed by atoms with E-state index in [0.29, 0.717) is 17.1 Å². The molecule has 130 valence electrons. The smallest absolute Gasteiger partial charge is 0.202 e. The van der Waals surface area contributed by atoms with Crippen LogP contribution < -0.4 is 9.47 Å². The van der Waals surface area contributed by atoms with Gasteiger partial charge in [-0.15, -0.1) is 11.3 Å². The molecule has 3 rings (SSSR count). The van der Waals surface area contributed by atoms with Crippen molar-refractivity contribution in [1.82, 2.24) is 9.55 Å². The number of thiazole rings is 1. The lowest BCUT2D eigenvalue weighted by molar-refractivity contribution is 0.0919. The summed E-state index contributed by atoms with van der Waals surface area (Å²) in [6.07, 6.45) is 1.76. The number of Topliss-reactive ketones (excluding diaryl/α,β-unsaturated/α-hetero) is 1. The van der Waals surface area contributed by atoms with Gasteiger partial charge in [-0.3, -0.25) is 9.36 Å². The first-order chi connectivity index (χ1) is 12.0. The van der Waals surface area contributed by atoms with Crippen LogP contribution in [-0.2, 0) is 0 Å². The molecule has 5 nitrogen and oxygen atoms in total. The Morgan fingerprint density at radius 1 is 1.20 bits per heavy atom. The molecule has 6 heteroatoms. The van der Waals surface area contributed by atoms with Crippen LogP contribution in [0.2, 0.25) is 0 Å². The average Bonchev–Trinajstić information content (AvgIpc) is 3.21. The van der Waals surface area contributed by atoms with E-state index in [2.05, 4.69) is 4.98 Å². The first-order valence-corrected chi connectivity index (χ1v) is 8.78. The lowest BCUT2D eigenvalue weighted by Crippen LogP contribution is -2.13. The fourth-order valence-electron chi connectivity index (χ4n) is 2.78. The van der Waals surface area contributed by atoms with Gasteiger partial charge in [0.2, 0.25) is 5.78 Å². The zero-order valence-electron chi connectivity index (χ0n) is 14.7. The third-order valence-electron chi connectivity index (χ3n) is 4.02. The van der Waals surface area contributed by atoms with Gasteiger partial charge in [0.15, 0.2) is 23.2 Å². The normalized spacial score (nSPS) is 10.7. The van der Waals surface area contributed by atoms with Gasteiger partial charge in [0.05, 0.1) is 7.11 Å². The zero-order chi connectivity index (χ0) is 18.0. The van der Waals surface area contributed by atoms with E-state index in [1.165, 1.54) is 11.3 Å². The summed E-state index contributed by atoms with van der Waals surface area (Å²) < 4.78 is 13.0.